The molecule has 110 valence electrons. The molecular formula is C16H17FN2O2. The molecule has 4 nitrogen and oxygen atoms in total. The maximum Gasteiger partial charge on any atom is 0.292 e. The quantitative estimate of drug-likeness (QED) is 0.668. The Labute approximate surface area is 122 Å². The minimum atomic E-state index is -0.398. The van der Waals surface area contributed by atoms with Crippen LogP contribution in [0, 0.1) is 29.8 Å². The van der Waals surface area contributed by atoms with Gasteiger partial charge in [-0.05, 0) is 55.2 Å². The molecule has 5 heteroatoms. The maximum atomic E-state index is 13.0. The minimum Gasteiger partial charge on any atom is -0.379 e. The van der Waals surface area contributed by atoms with Crippen molar-refractivity contribution in [1.82, 2.24) is 0 Å². The Kier molecular flexibility index (Phi) is 4.52. The summed E-state index contributed by atoms with van der Waals surface area (Å²) in [7, 11) is 0. The minimum absolute atomic E-state index is 0.0661. The molecule has 0 aliphatic carbocycles. The number of nitro benzene ring substituents is 1. The third-order valence-electron chi connectivity index (χ3n) is 3.36. The Hall–Kier alpha value is -2.43. The lowest BCUT2D eigenvalue weighted by atomic mass is 10.1. The van der Waals surface area contributed by atoms with Gasteiger partial charge in [-0.15, -0.1) is 0 Å². The summed E-state index contributed by atoms with van der Waals surface area (Å²) in [6.07, 6.45) is 0.678. The van der Waals surface area contributed by atoms with Crippen molar-refractivity contribution in [3.8, 4) is 0 Å². The van der Waals surface area contributed by atoms with E-state index in [2.05, 4.69) is 5.32 Å². The van der Waals surface area contributed by atoms with E-state index < -0.39 is 4.92 Å². The average molecular weight is 288 g/mol. The van der Waals surface area contributed by atoms with Crippen LogP contribution >= 0.6 is 0 Å². The number of halogens is 1. The maximum absolute atomic E-state index is 13.0. The first-order valence-electron chi connectivity index (χ1n) is 6.71. The Balaban J connectivity index is 2.06. The SMILES string of the molecule is Cc1ccc([N+](=O)[O-])c(NCCc2ccc(F)cc2C)c1. The van der Waals surface area contributed by atoms with Crippen LogP contribution in [0.2, 0.25) is 0 Å². The summed E-state index contributed by atoms with van der Waals surface area (Å²) in [6, 6.07) is 9.64. The molecule has 0 aliphatic rings. The summed E-state index contributed by atoms with van der Waals surface area (Å²) in [6.45, 7) is 4.29. The van der Waals surface area contributed by atoms with Gasteiger partial charge in [-0.2, -0.15) is 0 Å². The molecular weight excluding hydrogens is 271 g/mol. The fraction of sp³-hybridized carbons (Fsp3) is 0.250. The third kappa shape index (κ3) is 3.78. The topological polar surface area (TPSA) is 55.2 Å². The normalized spacial score (nSPS) is 10.4. The number of anilines is 1. The number of aryl methyl sites for hydroxylation is 2. The van der Waals surface area contributed by atoms with E-state index in [0.29, 0.717) is 18.7 Å². The fourth-order valence-electron chi connectivity index (χ4n) is 2.22. The van der Waals surface area contributed by atoms with E-state index in [4.69, 9.17) is 0 Å². The second-order valence-corrected chi connectivity index (χ2v) is 5.03. The number of rotatable bonds is 5. The molecule has 0 heterocycles. The van der Waals surface area contributed by atoms with Crippen molar-refractivity contribution in [3.63, 3.8) is 0 Å². The molecule has 21 heavy (non-hydrogen) atoms. The van der Waals surface area contributed by atoms with Gasteiger partial charge < -0.3 is 5.32 Å². The third-order valence-corrected chi connectivity index (χ3v) is 3.36. The smallest absolute Gasteiger partial charge is 0.292 e. The highest BCUT2D eigenvalue weighted by Gasteiger charge is 2.12. The highest BCUT2D eigenvalue weighted by Crippen LogP contribution is 2.25. The van der Waals surface area contributed by atoms with Gasteiger partial charge in [0.25, 0.3) is 5.69 Å². The lowest BCUT2D eigenvalue weighted by Gasteiger charge is -2.09. The van der Waals surface area contributed by atoms with E-state index in [9.17, 15) is 14.5 Å². The summed E-state index contributed by atoms with van der Waals surface area (Å²) >= 11 is 0. The van der Waals surface area contributed by atoms with Crippen LogP contribution in [0.5, 0.6) is 0 Å². The molecule has 0 radical (unpaired) electrons. The van der Waals surface area contributed by atoms with Crippen molar-refractivity contribution in [2.75, 3.05) is 11.9 Å². The summed E-state index contributed by atoms with van der Waals surface area (Å²) in [5.74, 6) is -0.251. The van der Waals surface area contributed by atoms with Crippen molar-refractivity contribution in [3.05, 3.63) is 69.0 Å². The van der Waals surface area contributed by atoms with Gasteiger partial charge in [0.15, 0.2) is 0 Å². The predicted molar refractivity (Wildman–Crippen MR) is 81.2 cm³/mol. The van der Waals surface area contributed by atoms with Gasteiger partial charge in [0.05, 0.1) is 4.92 Å². The van der Waals surface area contributed by atoms with Crippen LogP contribution in [0.4, 0.5) is 15.8 Å². The van der Waals surface area contributed by atoms with Crippen LogP contribution in [-0.2, 0) is 6.42 Å². The first-order chi connectivity index (χ1) is 9.97. The van der Waals surface area contributed by atoms with Crippen molar-refractivity contribution in [1.29, 1.82) is 0 Å². The number of nitro groups is 1. The van der Waals surface area contributed by atoms with E-state index >= 15 is 0 Å². The Morgan fingerprint density at radius 3 is 2.62 bits per heavy atom. The van der Waals surface area contributed by atoms with E-state index in [1.54, 1.807) is 18.2 Å². The van der Waals surface area contributed by atoms with E-state index in [1.165, 1.54) is 18.2 Å². The molecule has 2 aromatic carbocycles. The van der Waals surface area contributed by atoms with Crippen molar-refractivity contribution >= 4 is 11.4 Å². The van der Waals surface area contributed by atoms with Crippen molar-refractivity contribution < 1.29 is 9.31 Å². The number of nitrogens with one attached hydrogen (secondary N) is 1. The fourth-order valence-corrected chi connectivity index (χ4v) is 2.22. The summed E-state index contributed by atoms with van der Waals surface area (Å²) in [4.78, 5) is 10.6. The highest BCUT2D eigenvalue weighted by atomic mass is 19.1. The van der Waals surface area contributed by atoms with Gasteiger partial charge in [-0.25, -0.2) is 4.39 Å². The van der Waals surface area contributed by atoms with Crippen molar-refractivity contribution in [2.24, 2.45) is 0 Å². The molecule has 0 unspecified atom stereocenters. The zero-order valence-corrected chi connectivity index (χ0v) is 12.0. The van der Waals surface area contributed by atoms with Gasteiger partial charge in [0.1, 0.15) is 11.5 Å². The van der Waals surface area contributed by atoms with E-state index in [0.717, 1.165) is 16.7 Å². The van der Waals surface area contributed by atoms with Crippen LogP contribution in [0.1, 0.15) is 16.7 Å². The molecule has 2 aromatic rings. The van der Waals surface area contributed by atoms with E-state index in [1.807, 2.05) is 13.8 Å². The van der Waals surface area contributed by atoms with Gasteiger partial charge in [0.2, 0.25) is 0 Å². The Bertz CT molecular complexity index is 671. The van der Waals surface area contributed by atoms with Crippen LogP contribution in [0.25, 0.3) is 0 Å². The zero-order chi connectivity index (χ0) is 15.4. The lowest BCUT2D eigenvalue weighted by Crippen LogP contribution is -2.08. The summed E-state index contributed by atoms with van der Waals surface area (Å²) in [5.41, 5.74) is 3.45. The monoisotopic (exact) mass is 288 g/mol. The van der Waals surface area contributed by atoms with Crippen molar-refractivity contribution in [2.45, 2.75) is 20.3 Å². The molecule has 2 rings (SSSR count). The summed E-state index contributed by atoms with van der Waals surface area (Å²) < 4.78 is 13.0. The van der Waals surface area contributed by atoms with Gasteiger partial charge in [-0.1, -0.05) is 12.1 Å². The molecule has 0 aromatic heterocycles. The molecule has 1 N–H and O–H groups in total. The molecule has 0 bridgehead atoms. The van der Waals surface area contributed by atoms with E-state index in [-0.39, 0.29) is 11.5 Å². The van der Waals surface area contributed by atoms with Crippen LogP contribution < -0.4 is 5.32 Å². The first-order valence-corrected chi connectivity index (χ1v) is 6.71. The number of nitrogens with zero attached hydrogens (tertiary/aromatic N) is 1. The van der Waals surface area contributed by atoms with Gasteiger partial charge in [0, 0.05) is 12.6 Å². The largest absolute Gasteiger partial charge is 0.379 e. The van der Waals surface area contributed by atoms with Gasteiger partial charge >= 0.3 is 0 Å². The number of hydrogen-bond acceptors (Lipinski definition) is 3. The second kappa shape index (κ2) is 6.35. The molecule has 0 spiro atoms. The molecule has 0 saturated heterocycles. The average Bonchev–Trinajstić information content (AvgIpc) is 2.41. The van der Waals surface area contributed by atoms with Gasteiger partial charge in [-0.3, -0.25) is 10.1 Å². The van der Waals surface area contributed by atoms with Crippen LogP contribution in [-0.4, -0.2) is 11.5 Å². The first kappa shape index (κ1) is 15.0. The lowest BCUT2D eigenvalue weighted by molar-refractivity contribution is -0.384. The predicted octanol–water partition coefficient (Wildman–Crippen LogP) is 4.01. The van der Waals surface area contributed by atoms with Crippen LogP contribution in [0.3, 0.4) is 0 Å². The highest BCUT2D eigenvalue weighted by molar-refractivity contribution is 5.62. The molecule has 0 aliphatic heterocycles. The zero-order valence-electron chi connectivity index (χ0n) is 12.0. The van der Waals surface area contributed by atoms with Crippen LogP contribution in [0.15, 0.2) is 36.4 Å². The number of hydrogen-bond donors (Lipinski definition) is 1. The Morgan fingerprint density at radius 2 is 1.95 bits per heavy atom. The molecule has 0 fully saturated rings. The summed E-state index contributed by atoms with van der Waals surface area (Å²) in [5, 5.41) is 14.1. The second-order valence-electron chi connectivity index (χ2n) is 5.03. The molecule has 0 saturated carbocycles. The number of benzene rings is 2. The standard InChI is InChI=1S/C16H17FN2O2/c1-11-3-6-16(19(20)21)15(9-11)18-8-7-13-4-5-14(17)10-12(13)2/h3-6,9-10,18H,7-8H2,1-2H3. The Morgan fingerprint density at radius 1 is 1.19 bits per heavy atom. The molecule has 0 amide bonds. The molecule has 0 atom stereocenters.